The van der Waals surface area contributed by atoms with Gasteiger partial charge in [-0.1, -0.05) is 25.1 Å². The van der Waals surface area contributed by atoms with Crippen LogP contribution in [0.25, 0.3) is 0 Å². The first-order chi connectivity index (χ1) is 8.98. The Bertz CT molecular complexity index is 388. The normalized spacial score (nSPS) is 16.2. The Labute approximate surface area is 117 Å². The molecule has 0 amide bonds. The highest BCUT2D eigenvalue weighted by atomic mass is 16.5. The number of para-hydroxylation sites is 1. The molecule has 0 aliphatic carbocycles. The second-order valence-electron chi connectivity index (χ2n) is 5.53. The highest BCUT2D eigenvalue weighted by molar-refractivity contribution is 5.33. The van der Waals surface area contributed by atoms with Crippen LogP contribution in [0.5, 0.6) is 5.75 Å². The van der Waals surface area contributed by atoms with E-state index in [9.17, 15) is 0 Å². The zero-order chi connectivity index (χ0) is 14.5. The molecule has 3 nitrogen and oxygen atoms in total. The van der Waals surface area contributed by atoms with Gasteiger partial charge in [-0.25, -0.2) is 0 Å². The molecule has 0 spiro atoms. The van der Waals surface area contributed by atoms with E-state index in [1.165, 1.54) is 5.56 Å². The maximum absolute atomic E-state index is 5.94. The van der Waals surface area contributed by atoms with Gasteiger partial charge in [0.2, 0.25) is 0 Å². The summed E-state index contributed by atoms with van der Waals surface area (Å²) in [6.45, 7) is 7.34. The summed E-state index contributed by atoms with van der Waals surface area (Å²) in [5.74, 6) is 0.966. The number of hydrogen-bond acceptors (Lipinski definition) is 3. The molecule has 0 aromatic heterocycles. The predicted molar refractivity (Wildman–Crippen MR) is 81.7 cm³/mol. The molecule has 0 saturated carbocycles. The Morgan fingerprint density at radius 1 is 1.37 bits per heavy atom. The molecular formula is C16H28N2O. The van der Waals surface area contributed by atoms with E-state index in [-0.39, 0.29) is 5.54 Å². The SMILES string of the molecule is CCC(C)(CN)N(C)C(C)Cc1ccccc1OC. The number of hydrogen-bond donors (Lipinski definition) is 1. The van der Waals surface area contributed by atoms with Crippen molar-refractivity contribution in [2.24, 2.45) is 5.73 Å². The van der Waals surface area contributed by atoms with Gasteiger partial charge in [-0.2, -0.15) is 0 Å². The Kier molecular flexibility index (Phi) is 5.83. The summed E-state index contributed by atoms with van der Waals surface area (Å²) in [5.41, 5.74) is 7.25. The molecule has 2 atom stereocenters. The lowest BCUT2D eigenvalue weighted by atomic mass is 9.93. The number of likely N-dealkylation sites (N-methyl/N-ethyl adjacent to an activating group) is 1. The lowest BCUT2D eigenvalue weighted by Crippen LogP contribution is -2.53. The number of rotatable bonds is 7. The van der Waals surface area contributed by atoms with Crippen LogP contribution in [0.15, 0.2) is 24.3 Å². The monoisotopic (exact) mass is 264 g/mol. The Balaban J connectivity index is 2.81. The lowest BCUT2D eigenvalue weighted by Gasteiger charge is -2.41. The summed E-state index contributed by atoms with van der Waals surface area (Å²) < 4.78 is 5.42. The summed E-state index contributed by atoms with van der Waals surface area (Å²) in [7, 11) is 3.89. The number of methoxy groups -OCH3 is 1. The molecule has 19 heavy (non-hydrogen) atoms. The second-order valence-corrected chi connectivity index (χ2v) is 5.53. The third kappa shape index (κ3) is 3.71. The summed E-state index contributed by atoms with van der Waals surface area (Å²) >= 11 is 0. The minimum Gasteiger partial charge on any atom is -0.496 e. The predicted octanol–water partition coefficient (Wildman–Crippen LogP) is 2.69. The molecular weight excluding hydrogens is 236 g/mol. The van der Waals surface area contributed by atoms with Crippen molar-refractivity contribution in [3.63, 3.8) is 0 Å². The minimum atomic E-state index is 0.0570. The maximum Gasteiger partial charge on any atom is 0.122 e. The van der Waals surface area contributed by atoms with Gasteiger partial charge in [0.05, 0.1) is 7.11 Å². The van der Waals surface area contributed by atoms with Gasteiger partial charge < -0.3 is 10.5 Å². The molecule has 108 valence electrons. The first kappa shape index (κ1) is 16.0. The van der Waals surface area contributed by atoms with E-state index in [0.717, 1.165) is 18.6 Å². The fourth-order valence-electron chi connectivity index (χ4n) is 2.40. The van der Waals surface area contributed by atoms with Crippen molar-refractivity contribution in [2.75, 3.05) is 20.7 Å². The van der Waals surface area contributed by atoms with Crippen molar-refractivity contribution in [3.05, 3.63) is 29.8 Å². The van der Waals surface area contributed by atoms with Crippen LogP contribution in [0.4, 0.5) is 0 Å². The van der Waals surface area contributed by atoms with Gasteiger partial charge in [-0.05, 0) is 45.4 Å². The van der Waals surface area contributed by atoms with Crippen molar-refractivity contribution in [1.29, 1.82) is 0 Å². The molecule has 1 aromatic rings. The number of nitrogens with zero attached hydrogens (tertiary/aromatic N) is 1. The van der Waals surface area contributed by atoms with Crippen LogP contribution < -0.4 is 10.5 Å². The molecule has 2 N–H and O–H groups in total. The Hall–Kier alpha value is -1.06. The molecule has 0 aliphatic heterocycles. The van der Waals surface area contributed by atoms with Gasteiger partial charge in [0.25, 0.3) is 0 Å². The molecule has 0 radical (unpaired) electrons. The van der Waals surface area contributed by atoms with E-state index in [1.807, 2.05) is 12.1 Å². The van der Waals surface area contributed by atoms with Crippen LogP contribution in [-0.4, -0.2) is 37.2 Å². The number of nitrogens with two attached hydrogens (primary N) is 1. The number of benzene rings is 1. The third-order valence-electron chi connectivity index (χ3n) is 4.42. The summed E-state index contributed by atoms with van der Waals surface area (Å²) in [6, 6.07) is 8.64. The Morgan fingerprint density at radius 3 is 2.53 bits per heavy atom. The largest absolute Gasteiger partial charge is 0.496 e. The molecule has 0 bridgehead atoms. The van der Waals surface area contributed by atoms with Crippen molar-refractivity contribution in [1.82, 2.24) is 4.90 Å². The lowest BCUT2D eigenvalue weighted by molar-refractivity contribution is 0.0960. The topological polar surface area (TPSA) is 38.5 Å². The van der Waals surface area contributed by atoms with Gasteiger partial charge in [0.1, 0.15) is 5.75 Å². The van der Waals surface area contributed by atoms with Crippen molar-refractivity contribution in [3.8, 4) is 5.75 Å². The third-order valence-corrected chi connectivity index (χ3v) is 4.42. The van der Waals surface area contributed by atoms with Crippen LogP contribution >= 0.6 is 0 Å². The molecule has 2 unspecified atom stereocenters. The highest BCUT2D eigenvalue weighted by Gasteiger charge is 2.29. The second kappa shape index (κ2) is 6.92. The van der Waals surface area contributed by atoms with E-state index in [1.54, 1.807) is 7.11 Å². The van der Waals surface area contributed by atoms with Crippen molar-refractivity contribution in [2.45, 2.75) is 45.2 Å². The summed E-state index contributed by atoms with van der Waals surface area (Å²) in [5, 5.41) is 0. The Morgan fingerprint density at radius 2 is 2.00 bits per heavy atom. The van der Waals surface area contributed by atoms with Crippen LogP contribution in [0.2, 0.25) is 0 Å². The average molecular weight is 264 g/mol. The molecule has 1 rings (SSSR count). The highest BCUT2D eigenvalue weighted by Crippen LogP contribution is 2.24. The van der Waals surface area contributed by atoms with E-state index >= 15 is 0 Å². The van der Waals surface area contributed by atoms with E-state index < -0.39 is 0 Å². The van der Waals surface area contributed by atoms with Crippen LogP contribution in [-0.2, 0) is 6.42 Å². The van der Waals surface area contributed by atoms with Crippen LogP contribution in [0, 0.1) is 0 Å². The molecule has 0 aliphatic rings. The average Bonchev–Trinajstić information content (AvgIpc) is 2.46. The van der Waals surface area contributed by atoms with Gasteiger partial charge in [-0.15, -0.1) is 0 Å². The first-order valence-electron chi connectivity index (χ1n) is 7.03. The van der Waals surface area contributed by atoms with Gasteiger partial charge in [0.15, 0.2) is 0 Å². The first-order valence-corrected chi connectivity index (χ1v) is 7.03. The van der Waals surface area contributed by atoms with Crippen molar-refractivity contribution >= 4 is 0 Å². The fourth-order valence-corrected chi connectivity index (χ4v) is 2.40. The smallest absolute Gasteiger partial charge is 0.122 e. The molecule has 3 heteroatoms. The molecule has 0 fully saturated rings. The fraction of sp³-hybridized carbons (Fsp3) is 0.625. The molecule has 0 heterocycles. The van der Waals surface area contributed by atoms with E-state index in [4.69, 9.17) is 10.5 Å². The molecule has 0 saturated heterocycles. The number of ether oxygens (including phenoxy) is 1. The molecule has 1 aromatic carbocycles. The standard InChI is InChI=1S/C16H28N2O/c1-6-16(3,12-17)18(4)13(2)11-14-9-7-8-10-15(14)19-5/h7-10,13H,6,11-12,17H2,1-5H3. The van der Waals surface area contributed by atoms with E-state index in [2.05, 4.69) is 44.9 Å². The van der Waals surface area contributed by atoms with Gasteiger partial charge >= 0.3 is 0 Å². The van der Waals surface area contributed by atoms with Crippen LogP contribution in [0.1, 0.15) is 32.8 Å². The van der Waals surface area contributed by atoms with Crippen molar-refractivity contribution < 1.29 is 4.74 Å². The van der Waals surface area contributed by atoms with E-state index in [0.29, 0.717) is 12.6 Å². The zero-order valence-corrected chi connectivity index (χ0v) is 12.9. The summed E-state index contributed by atoms with van der Waals surface area (Å²) in [6.07, 6.45) is 2.02. The zero-order valence-electron chi connectivity index (χ0n) is 12.9. The van der Waals surface area contributed by atoms with Crippen LogP contribution in [0.3, 0.4) is 0 Å². The summed E-state index contributed by atoms with van der Waals surface area (Å²) in [4.78, 5) is 2.39. The quantitative estimate of drug-likeness (QED) is 0.823. The maximum atomic E-state index is 5.94. The minimum absolute atomic E-state index is 0.0570. The van der Waals surface area contributed by atoms with Gasteiger partial charge in [0, 0.05) is 18.1 Å². The van der Waals surface area contributed by atoms with Gasteiger partial charge in [-0.3, -0.25) is 4.90 Å².